The Balaban J connectivity index is 1.93. The summed E-state index contributed by atoms with van der Waals surface area (Å²) in [7, 11) is 0. The lowest BCUT2D eigenvalue weighted by molar-refractivity contribution is -0.124. The van der Waals surface area contributed by atoms with Gasteiger partial charge in [0.15, 0.2) is 0 Å². The van der Waals surface area contributed by atoms with E-state index in [1.165, 1.54) is 17.7 Å². The van der Waals surface area contributed by atoms with Crippen molar-refractivity contribution in [2.45, 2.75) is 45.2 Å². The smallest absolute Gasteiger partial charge is 0.234 e. The predicted molar refractivity (Wildman–Crippen MR) is 88.3 cm³/mol. The Morgan fingerprint density at radius 1 is 1.52 bits per heavy atom. The van der Waals surface area contributed by atoms with Crippen LogP contribution in [0.25, 0.3) is 0 Å². The molecule has 2 heterocycles. The summed E-state index contributed by atoms with van der Waals surface area (Å²) in [5.74, 6) is 0.502. The molecule has 0 saturated carbocycles. The Labute approximate surface area is 131 Å². The van der Waals surface area contributed by atoms with Gasteiger partial charge in [-0.3, -0.25) is 9.69 Å². The second kappa shape index (κ2) is 7.92. The summed E-state index contributed by atoms with van der Waals surface area (Å²) >= 11 is 1.70. The molecule has 2 rings (SSSR count). The van der Waals surface area contributed by atoms with E-state index in [1.807, 2.05) is 6.07 Å². The molecule has 0 aromatic carbocycles. The maximum Gasteiger partial charge on any atom is 0.234 e. The molecule has 0 radical (unpaired) electrons. The van der Waals surface area contributed by atoms with Crippen molar-refractivity contribution in [1.29, 1.82) is 0 Å². The lowest BCUT2D eigenvalue weighted by Crippen LogP contribution is -2.49. The number of piperidine rings is 1. The van der Waals surface area contributed by atoms with E-state index in [0.717, 1.165) is 13.0 Å². The van der Waals surface area contributed by atoms with E-state index in [-0.39, 0.29) is 11.9 Å². The molecule has 1 fully saturated rings. The quantitative estimate of drug-likeness (QED) is 0.848. The van der Waals surface area contributed by atoms with E-state index in [2.05, 4.69) is 35.5 Å². The van der Waals surface area contributed by atoms with E-state index in [9.17, 15) is 4.79 Å². The highest BCUT2D eigenvalue weighted by Crippen LogP contribution is 2.25. The van der Waals surface area contributed by atoms with Gasteiger partial charge in [-0.05, 0) is 36.8 Å². The Kier molecular flexibility index (Phi) is 6.21. The fraction of sp³-hybridized carbons (Fsp3) is 0.688. The summed E-state index contributed by atoms with van der Waals surface area (Å²) in [5.41, 5.74) is 5.82. The van der Waals surface area contributed by atoms with Crippen molar-refractivity contribution in [2.24, 2.45) is 11.7 Å². The molecule has 2 atom stereocenters. The summed E-state index contributed by atoms with van der Waals surface area (Å²) in [6, 6.07) is 4.61. The Bertz CT molecular complexity index is 433. The van der Waals surface area contributed by atoms with Crippen LogP contribution >= 0.6 is 11.3 Å². The van der Waals surface area contributed by atoms with Crippen molar-refractivity contribution < 1.29 is 4.79 Å². The molecule has 0 bridgehead atoms. The maximum atomic E-state index is 12.4. The van der Waals surface area contributed by atoms with Crippen molar-refractivity contribution in [3.63, 3.8) is 0 Å². The van der Waals surface area contributed by atoms with Gasteiger partial charge in [-0.15, -0.1) is 11.3 Å². The van der Waals surface area contributed by atoms with Gasteiger partial charge in [0.1, 0.15) is 0 Å². The van der Waals surface area contributed by atoms with Crippen LogP contribution in [0.15, 0.2) is 17.5 Å². The van der Waals surface area contributed by atoms with Crippen LogP contribution in [-0.4, -0.2) is 36.5 Å². The molecule has 21 heavy (non-hydrogen) atoms. The fourth-order valence-electron chi connectivity index (χ4n) is 2.97. The minimum absolute atomic E-state index is 0.110. The molecule has 1 amide bonds. The number of hydrogen-bond donors (Lipinski definition) is 2. The highest BCUT2D eigenvalue weighted by molar-refractivity contribution is 7.10. The van der Waals surface area contributed by atoms with Crippen molar-refractivity contribution in [3.05, 3.63) is 22.4 Å². The van der Waals surface area contributed by atoms with Gasteiger partial charge in [0.05, 0.1) is 12.6 Å². The van der Waals surface area contributed by atoms with Crippen molar-refractivity contribution in [2.75, 3.05) is 19.6 Å². The highest BCUT2D eigenvalue weighted by atomic mass is 32.1. The first-order valence-corrected chi connectivity index (χ1v) is 8.76. The molecule has 1 aliphatic rings. The van der Waals surface area contributed by atoms with Crippen LogP contribution in [0.5, 0.6) is 0 Å². The van der Waals surface area contributed by atoms with Gasteiger partial charge in [0, 0.05) is 17.5 Å². The molecule has 2 unspecified atom stereocenters. The normalized spacial score (nSPS) is 21.4. The van der Waals surface area contributed by atoms with Crippen LogP contribution in [0.4, 0.5) is 0 Å². The number of likely N-dealkylation sites (tertiary alicyclic amines) is 1. The SMILES string of the molecule is CC(C)C(NC(=O)CN1CCCCC1CN)c1cccs1. The van der Waals surface area contributed by atoms with Gasteiger partial charge in [0.2, 0.25) is 5.91 Å². The van der Waals surface area contributed by atoms with Crippen LogP contribution < -0.4 is 11.1 Å². The average Bonchev–Trinajstić information content (AvgIpc) is 2.99. The molecular weight excluding hydrogens is 282 g/mol. The number of nitrogens with two attached hydrogens (primary N) is 1. The largest absolute Gasteiger partial charge is 0.347 e. The molecule has 1 saturated heterocycles. The first-order valence-electron chi connectivity index (χ1n) is 7.88. The molecule has 0 aliphatic carbocycles. The molecule has 0 spiro atoms. The van der Waals surface area contributed by atoms with E-state index in [4.69, 9.17) is 5.73 Å². The number of nitrogens with zero attached hydrogens (tertiary/aromatic N) is 1. The molecule has 5 heteroatoms. The standard InChI is InChI=1S/C16H27N3OS/c1-12(2)16(14-7-5-9-21-14)18-15(20)11-19-8-4-3-6-13(19)10-17/h5,7,9,12-13,16H,3-4,6,8,10-11,17H2,1-2H3,(H,18,20). The summed E-state index contributed by atoms with van der Waals surface area (Å²) in [5, 5.41) is 5.26. The maximum absolute atomic E-state index is 12.4. The van der Waals surface area contributed by atoms with Crippen LogP contribution in [-0.2, 0) is 4.79 Å². The van der Waals surface area contributed by atoms with Crippen LogP contribution in [0.2, 0.25) is 0 Å². The Hall–Kier alpha value is -0.910. The highest BCUT2D eigenvalue weighted by Gasteiger charge is 2.25. The molecule has 1 aliphatic heterocycles. The zero-order valence-electron chi connectivity index (χ0n) is 13.0. The lowest BCUT2D eigenvalue weighted by atomic mass is 10.0. The number of amides is 1. The topological polar surface area (TPSA) is 58.4 Å². The third kappa shape index (κ3) is 4.53. The van der Waals surface area contributed by atoms with Gasteiger partial charge in [-0.25, -0.2) is 0 Å². The number of rotatable bonds is 6. The predicted octanol–water partition coefficient (Wildman–Crippen LogP) is 2.37. The van der Waals surface area contributed by atoms with Gasteiger partial charge in [-0.2, -0.15) is 0 Å². The van der Waals surface area contributed by atoms with Crippen molar-refractivity contribution in [1.82, 2.24) is 10.2 Å². The van der Waals surface area contributed by atoms with Crippen LogP contribution in [0, 0.1) is 5.92 Å². The monoisotopic (exact) mass is 309 g/mol. The van der Waals surface area contributed by atoms with Gasteiger partial charge < -0.3 is 11.1 Å². The first-order chi connectivity index (χ1) is 10.1. The second-order valence-corrected chi connectivity index (χ2v) is 7.14. The van der Waals surface area contributed by atoms with E-state index >= 15 is 0 Å². The van der Waals surface area contributed by atoms with Crippen molar-refractivity contribution >= 4 is 17.2 Å². The number of nitrogens with one attached hydrogen (secondary N) is 1. The van der Waals surface area contributed by atoms with Gasteiger partial charge in [0.25, 0.3) is 0 Å². The van der Waals surface area contributed by atoms with Gasteiger partial charge in [-0.1, -0.05) is 26.3 Å². The molecule has 4 nitrogen and oxygen atoms in total. The Morgan fingerprint density at radius 2 is 2.33 bits per heavy atom. The van der Waals surface area contributed by atoms with Gasteiger partial charge >= 0.3 is 0 Å². The minimum atomic E-state index is 0.110. The summed E-state index contributed by atoms with van der Waals surface area (Å²) in [4.78, 5) is 15.9. The first kappa shape index (κ1) is 16.5. The fourth-order valence-corrected chi connectivity index (χ4v) is 3.92. The molecule has 1 aromatic rings. The summed E-state index contributed by atoms with van der Waals surface area (Å²) in [6.45, 7) is 6.39. The number of carbonyl (C=O) groups excluding carboxylic acids is 1. The molecule has 118 valence electrons. The molecule has 1 aromatic heterocycles. The van der Waals surface area contributed by atoms with E-state index < -0.39 is 0 Å². The van der Waals surface area contributed by atoms with Crippen LogP contribution in [0.3, 0.4) is 0 Å². The number of carbonyl (C=O) groups is 1. The van der Waals surface area contributed by atoms with E-state index in [1.54, 1.807) is 11.3 Å². The van der Waals surface area contributed by atoms with Crippen molar-refractivity contribution in [3.8, 4) is 0 Å². The Morgan fingerprint density at radius 3 is 2.95 bits per heavy atom. The number of thiophene rings is 1. The third-order valence-corrected chi connectivity index (χ3v) is 5.16. The second-order valence-electron chi connectivity index (χ2n) is 6.16. The molecule has 3 N–H and O–H groups in total. The minimum Gasteiger partial charge on any atom is -0.347 e. The summed E-state index contributed by atoms with van der Waals surface area (Å²) < 4.78 is 0. The summed E-state index contributed by atoms with van der Waals surface area (Å²) in [6.07, 6.45) is 3.51. The zero-order chi connectivity index (χ0) is 15.2. The number of hydrogen-bond acceptors (Lipinski definition) is 4. The lowest BCUT2D eigenvalue weighted by Gasteiger charge is -2.34. The zero-order valence-corrected chi connectivity index (χ0v) is 13.9. The molecular formula is C16H27N3OS. The van der Waals surface area contributed by atoms with E-state index in [0.29, 0.717) is 25.0 Å². The van der Waals surface area contributed by atoms with Crippen LogP contribution in [0.1, 0.15) is 44.0 Å². The average molecular weight is 309 g/mol. The third-order valence-electron chi connectivity index (χ3n) is 4.20.